The lowest BCUT2D eigenvalue weighted by Gasteiger charge is -2.02. The van der Waals surface area contributed by atoms with Gasteiger partial charge < -0.3 is 14.9 Å². The van der Waals surface area contributed by atoms with Crippen molar-refractivity contribution in [3.05, 3.63) is 23.0 Å². The van der Waals surface area contributed by atoms with Gasteiger partial charge in [0.2, 0.25) is 0 Å². The van der Waals surface area contributed by atoms with Crippen molar-refractivity contribution in [2.75, 3.05) is 5.32 Å². The van der Waals surface area contributed by atoms with Crippen molar-refractivity contribution in [1.29, 1.82) is 0 Å². The molecule has 0 radical (unpaired) electrons. The largest absolute Gasteiger partial charge is 0.336 e. The number of aromatic nitrogens is 4. The lowest BCUT2D eigenvalue weighted by molar-refractivity contribution is 0.763. The molecule has 0 unspecified atom stereocenters. The van der Waals surface area contributed by atoms with Crippen LogP contribution in [0.3, 0.4) is 0 Å². The Morgan fingerprint density at radius 1 is 1.50 bits per heavy atom. The molecule has 18 heavy (non-hydrogen) atoms. The summed E-state index contributed by atoms with van der Waals surface area (Å²) < 4.78 is 1.95. The fraction of sp³-hybridized carbons (Fsp3) is 0.500. The number of aryl methyl sites for hydroxylation is 2. The van der Waals surface area contributed by atoms with E-state index in [-0.39, 0.29) is 0 Å². The minimum atomic E-state index is 0.464. The summed E-state index contributed by atoms with van der Waals surface area (Å²) in [6.45, 7) is 4.15. The van der Waals surface area contributed by atoms with Gasteiger partial charge in [-0.1, -0.05) is 24.9 Å². The SMILES string of the molecule is CCCCc1nc(Cl)c(Nc2ncn(C)c2C)[nH]1. The van der Waals surface area contributed by atoms with Crippen molar-refractivity contribution >= 4 is 23.2 Å². The van der Waals surface area contributed by atoms with Crippen LogP contribution in [0, 0.1) is 6.92 Å². The second kappa shape index (κ2) is 5.44. The third-order valence-corrected chi connectivity index (χ3v) is 3.22. The Kier molecular flexibility index (Phi) is 3.91. The van der Waals surface area contributed by atoms with Crippen LogP contribution in [0.4, 0.5) is 11.6 Å². The average molecular weight is 268 g/mol. The average Bonchev–Trinajstić information content (AvgIpc) is 2.85. The normalized spacial score (nSPS) is 10.9. The van der Waals surface area contributed by atoms with E-state index < -0.39 is 0 Å². The van der Waals surface area contributed by atoms with Crippen LogP contribution in [0.25, 0.3) is 0 Å². The summed E-state index contributed by atoms with van der Waals surface area (Å²) in [5, 5.41) is 3.64. The lowest BCUT2D eigenvalue weighted by atomic mass is 10.2. The summed E-state index contributed by atoms with van der Waals surface area (Å²) in [5.74, 6) is 2.42. The highest BCUT2D eigenvalue weighted by atomic mass is 35.5. The Morgan fingerprint density at radius 2 is 2.28 bits per heavy atom. The van der Waals surface area contributed by atoms with Crippen molar-refractivity contribution in [3.8, 4) is 0 Å². The Hall–Kier alpha value is -1.49. The van der Waals surface area contributed by atoms with Gasteiger partial charge in [-0.15, -0.1) is 0 Å². The maximum absolute atomic E-state index is 6.09. The van der Waals surface area contributed by atoms with Gasteiger partial charge in [-0.25, -0.2) is 9.97 Å². The number of unbranched alkanes of at least 4 members (excludes halogenated alkanes) is 1. The number of imidazole rings is 2. The molecule has 2 rings (SSSR count). The Morgan fingerprint density at radius 3 is 2.89 bits per heavy atom. The molecule has 0 fully saturated rings. The molecule has 2 aromatic rings. The summed E-state index contributed by atoms with van der Waals surface area (Å²) in [4.78, 5) is 11.8. The maximum Gasteiger partial charge on any atom is 0.171 e. The molecule has 0 aromatic carbocycles. The van der Waals surface area contributed by atoms with E-state index in [1.165, 1.54) is 0 Å². The van der Waals surface area contributed by atoms with Gasteiger partial charge >= 0.3 is 0 Å². The van der Waals surface area contributed by atoms with Gasteiger partial charge in [-0.2, -0.15) is 0 Å². The Balaban J connectivity index is 2.14. The summed E-state index contributed by atoms with van der Waals surface area (Å²) >= 11 is 6.09. The van der Waals surface area contributed by atoms with Crippen LogP contribution in [0.2, 0.25) is 5.15 Å². The smallest absolute Gasteiger partial charge is 0.171 e. The number of nitrogens with one attached hydrogen (secondary N) is 2. The Bertz CT molecular complexity index is 529. The minimum Gasteiger partial charge on any atom is -0.336 e. The highest BCUT2D eigenvalue weighted by Gasteiger charge is 2.11. The van der Waals surface area contributed by atoms with Crippen LogP contribution in [-0.2, 0) is 13.5 Å². The molecule has 0 aliphatic heterocycles. The summed E-state index contributed by atoms with van der Waals surface area (Å²) in [7, 11) is 1.95. The molecule has 0 atom stereocenters. The highest BCUT2D eigenvalue weighted by molar-refractivity contribution is 6.31. The zero-order valence-corrected chi connectivity index (χ0v) is 11.7. The molecule has 2 heterocycles. The fourth-order valence-corrected chi connectivity index (χ4v) is 1.87. The first kappa shape index (κ1) is 13.0. The number of anilines is 2. The molecule has 0 aliphatic rings. The van der Waals surface area contributed by atoms with E-state index in [1.54, 1.807) is 6.33 Å². The first-order chi connectivity index (χ1) is 8.61. The zero-order valence-electron chi connectivity index (χ0n) is 10.9. The first-order valence-corrected chi connectivity index (χ1v) is 6.49. The Labute approximate surface area is 112 Å². The topological polar surface area (TPSA) is 58.5 Å². The van der Waals surface area contributed by atoms with Gasteiger partial charge in [0.25, 0.3) is 0 Å². The minimum absolute atomic E-state index is 0.464. The number of nitrogens with zero attached hydrogens (tertiary/aromatic N) is 3. The van der Waals surface area contributed by atoms with Gasteiger partial charge in [0.15, 0.2) is 11.0 Å². The van der Waals surface area contributed by atoms with E-state index in [4.69, 9.17) is 11.6 Å². The number of halogens is 1. The molecular weight excluding hydrogens is 250 g/mol. The van der Waals surface area contributed by atoms with Crippen LogP contribution < -0.4 is 5.32 Å². The maximum atomic E-state index is 6.09. The van der Waals surface area contributed by atoms with E-state index in [0.717, 1.165) is 36.6 Å². The predicted octanol–water partition coefficient (Wildman–Crippen LogP) is 3.19. The van der Waals surface area contributed by atoms with Crippen LogP contribution >= 0.6 is 11.6 Å². The van der Waals surface area contributed by atoms with E-state index >= 15 is 0 Å². The van der Waals surface area contributed by atoms with Crippen LogP contribution in [0.5, 0.6) is 0 Å². The summed E-state index contributed by atoms with van der Waals surface area (Å²) in [5.41, 5.74) is 1.05. The second-order valence-electron chi connectivity index (χ2n) is 4.37. The van der Waals surface area contributed by atoms with Crippen LogP contribution in [0.1, 0.15) is 31.3 Å². The van der Waals surface area contributed by atoms with E-state index in [0.29, 0.717) is 11.0 Å². The van der Waals surface area contributed by atoms with E-state index in [1.807, 2.05) is 18.5 Å². The zero-order chi connectivity index (χ0) is 13.1. The van der Waals surface area contributed by atoms with Gasteiger partial charge in [-0.3, -0.25) is 0 Å². The van der Waals surface area contributed by atoms with Crippen LogP contribution in [0.15, 0.2) is 6.33 Å². The quantitative estimate of drug-likeness (QED) is 0.875. The molecule has 6 heteroatoms. The molecule has 0 spiro atoms. The third kappa shape index (κ3) is 2.67. The number of hydrogen-bond donors (Lipinski definition) is 2. The standard InChI is InChI=1S/C12H18ClN5/c1-4-5-6-9-15-10(13)12(16-9)17-11-8(2)18(3)7-14-11/h7,17H,4-6H2,1-3H3,(H,15,16). The number of hydrogen-bond acceptors (Lipinski definition) is 3. The number of aromatic amines is 1. The van der Waals surface area contributed by atoms with Crippen LogP contribution in [-0.4, -0.2) is 19.5 Å². The molecule has 0 amide bonds. The molecular formula is C12H18ClN5. The number of H-pyrrole nitrogens is 1. The molecule has 2 aromatic heterocycles. The molecule has 0 aliphatic carbocycles. The van der Waals surface area contributed by atoms with Crippen molar-refractivity contribution in [2.45, 2.75) is 33.1 Å². The van der Waals surface area contributed by atoms with E-state index in [2.05, 4.69) is 27.2 Å². The number of rotatable bonds is 5. The van der Waals surface area contributed by atoms with E-state index in [9.17, 15) is 0 Å². The highest BCUT2D eigenvalue weighted by Crippen LogP contribution is 2.24. The summed E-state index contributed by atoms with van der Waals surface area (Å²) in [6.07, 6.45) is 4.92. The monoisotopic (exact) mass is 267 g/mol. The van der Waals surface area contributed by atoms with Gasteiger partial charge in [0.05, 0.1) is 12.0 Å². The van der Waals surface area contributed by atoms with Crippen molar-refractivity contribution in [3.63, 3.8) is 0 Å². The first-order valence-electron chi connectivity index (χ1n) is 6.11. The molecule has 98 valence electrons. The molecule has 0 bridgehead atoms. The molecule has 0 saturated carbocycles. The van der Waals surface area contributed by atoms with Crippen molar-refractivity contribution < 1.29 is 0 Å². The molecule has 2 N–H and O–H groups in total. The van der Waals surface area contributed by atoms with Crippen molar-refractivity contribution in [1.82, 2.24) is 19.5 Å². The van der Waals surface area contributed by atoms with Gasteiger partial charge in [-0.05, 0) is 13.3 Å². The lowest BCUT2D eigenvalue weighted by Crippen LogP contribution is -1.96. The molecule has 0 saturated heterocycles. The molecule has 5 nitrogen and oxygen atoms in total. The van der Waals surface area contributed by atoms with Gasteiger partial charge in [0.1, 0.15) is 11.6 Å². The van der Waals surface area contributed by atoms with Crippen molar-refractivity contribution in [2.24, 2.45) is 7.05 Å². The second-order valence-corrected chi connectivity index (χ2v) is 4.73. The predicted molar refractivity (Wildman–Crippen MR) is 73.4 cm³/mol. The van der Waals surface area contributed by atoms with Gasteiger partial charge in [0, 0.05) is 13.5 Å². The third-order valence-electron chi connectivity index (χ3n) is 2.95. The summed E-state index contributed by atoms with van der Waals surface area (Å²) in [6, 6.07) is 0. The fourth-order valence-electron chi connectivity index (χ4n) is 1.68.